The van der Waals surface area contributed by atoms with Gasteiger partial charge in [-0.2, -0.15) is 0 Å². The van der Waals surface area contributed by atoms with Gasteiger partial charge in [0.25, 0.3) is 0 Å². The standard InChI is InChI=1S/C17H28N2O2/c1-12-5-6-13(2)19(10-12)11-16(18)15-8-7-14(20-3)9-17(15)21-4/h7-9,12-13,16H,5-6,10-11,18H2,1-4H3. The third-order valence-electron chi connectivity index (χ3n) is 4.52. The van der Waals surface area contributed by atoms with Gasteiger partial charge in [0.05, 0.1) is 14.2 Å². The zero-order chi connectivity index (χ0) is 15.4. The van der Waals surface area contributed by atoms with Crippen LogP contribution >= 0.6 is 0 Å². The fraction of sp³-hybridized carbons (Fsp3) is 0.647. The monoisotopic (exact) mass is 292 g/mol. The summed E-state index contributed by atoms with van der Waals surface area (Å²) in [6.07, 6.45) is 2.58. The first-order valence-electron chi connectivity index (χ1n) is 7.76. The van der Waals surface area contributed by atoms with Crippen molar-refractivity contribution < 1.29 is 9.47 Å². The topological polar surface area (TPSA) is 47.7 Å². The highest BCUT2D eigenvalue weighted by Crippen LogP contribution is 2.30. The Bertz CT molecular complexity index is 464. The minimum Gasteiger partial charge on any atom is -0.497 e. The van der Waals surface area contributed by atoms with Gasteiger partial charge in [0.1, 0.15) is 11.5 Å². The van der Waals surface area contributed by atoms with E-state index in [1.807, 2.05) is 18.2 Å². The zero-order valence-corrected chi connectivity index (χ0v) is 13.6. The first-order chi connectivity index (χ1) is 10.0. The van der Waals surface area contributed by atoms with E-state index >= 15 is 0 Å². The van der Waals surface area contributed by atoms with Crippen molar-refractivity contribution >= 4 is 0 Å². The van der Waals surface area contributed by atoms with E-state index < -0.39 is 0 Å². The van der Waals surface area contributed by atoms with E-state index in [1.165, 1.54) is 12.8 Å². The fourth-order valence-corrected chi connectivity index (χ4v) is 3.11. The molecule has 4 nitrogen and oxygen atoms in total. The van der Waals surface area contributed by atoms with Gasteiger partial charge in [0.2, 0.25) is 0 Å². The Morgan fingerprint density at radius 3 is 2.67 bits per heavy atom. The number of hydrogen-bond acceptors (Lipinski definition) is 4. The summed E-state index contributed by atoms with van der Waals surface area (Å²) in [6, 6.07) is 6.42. The Labute approximate surface area is 128 Å². The van der Waals surface area contributed by atoms with Crippen LogP contribution in [0, 0.1) is 5.92 Å². The SMILES string of the molecule is COc1ccc(C(N)CN2CC(C)CCC2C)c(OC)c1. The quantitative estimate of drug-likeness (QED) is 0.906. The normalized spacial score (nSPS) is 24.6. The molecule has 0 amide bonds. The van der Waals surface area contributed by atoms with Crippen molar-refractivity contribution in [3.63, 3.8) is 0 Å². The number of methoxy groups -OCH3 is 2. The van der Waals surface area contributed by atoms with Crippen molar-refractivity contribution in [2.45, 2.75) is 38.8 Å². The van der Waals surface area contributed by atoms with Crippen LogP contribution in [0.4, 0.5) is 0 Å². The second-order valence-electron chi connectivity index (χ2n) is 6.20. The highest BCUT2D eigenvalue weighted by molar-refractivity contribution is 5.42. The smallest absolute Gasteiger partial charge is 0.127 e. The number of rotatable bonds is 5. The molecule has 1 fully saturated rings. The molecule has 3 unspecified atom stereocenters. The number of likely N-dealkylation sites (tertiary alicyclic amines) is 1. The van der Waals surface area contributed by atoms with Crippen molar-refractivity contribution in [3.8, 4) is 11.5 Å². The van der Waals surface area contributed by atoms with E-state index in [-0.39, 0.29) is 6.04 Å². The first kappa shape index (κ1) is 16.1. The van der Waals surface area contributed by atoms with Crippen molar-refractivity contribution in [2.24, 2.45) is 11.7 Å². The van der Waals surface area contributed by atoms with E-state index in [4.69, 9.17) is 15.2 Å². The summed E-state index contributed by atoms with van der Waals surface area (Å²) in [5.41, 5.74) is 7.48. The highest BCUT2D eigenvalue weighted by Gasteiger charge is 2.25. The average molecular weight is 292 g/mol. The minimum atomic E-state index is -0.0430. The Morgan fingerprint density at radius 2 is 2.00 bits per heavy atom. The van der Waals surface area contributed by atoms with Crippen LogP contribution in [0.15, 0.2) is 18.2 Å². The van der Waals surface area contributed by atoms with Crippen LogP contribution in [0.2, 0.25) is 0 Å². The fourth-order valence-electron chi connectivity index (χ4n) is 3.11. The molecular weight excluding hydrogens is 264 g/mol. The molecule has 3 atom stereocenters. The number of hydrogen-bond donors (Lipinski definition) is 1. The third kappa shape index (κ3) is 3.89. The van der Waals surface area contributed by atoms with Crippen LogP contribution in [0.3, 0.4) is 0 Å². The lowest BCUT2D eigenvalue weighted by Crippen LogP contribution is -2.44. The maximum atomic E-state index is 6.44. The summed E-state index contributed by atoms with van der Waals surface area (Å²) in [6.45, 7) is 6.61. The van der Waals surface area contributed by atoms with E-state index in [0.29, 0.717) is 6.04 Å². The van der Waals surface area contributed by atoms with Gasteiger partial charge >= 0.3 is 0 Å². The molecule has 0 saturated carbocycles. The predicted octanol–water partition coefficient (Wildman–Crippen LogP) is 2.82. The molecule has 0 bridgehead atoms. The van der Waals surface area contributed by atoms with Crippen LogP contribution in [-0.4, -0.2) is 38.3 Å². The molecule has 4 heteroatoms. The molecule has 0 aliphatic carbocycles. The van der Waals surface area contributed by atoms with Crippen molar-refractivity contribution in [2.75, 3.05) is 27.3 Å². The highest BCUT2D eigenvalue weighted by atomic mass is 16.5. The summed E-state index contributed by atoms with van der Waals surface area (Å²) in [4.78, 5) is 2.50. The van der Waals surface area contributed by atoms with E-state index in [0.717, 1.165) is 36.1 Å². The third-order valence-corrected chi connectivity index (χ3v) is 4.52. The van der Waals surface area contributed by atoms with E-state index in [9.17, 15) is 0 Å². The molecule has 1 aromatic rings. The largest absolute Gasteiger partial charge is 0.497 e. The molecule has 2 rings (SSSR count). The van der Waals surface area contributed by atoms with Gasteiger partial charge in [-0.25, -0.2) is 0 Å². The van der Waals surface area contributed by atoms with Crippen molar-refractivity contribution in [1.82, 2.24) is 4.90 Å². The minimum absolute atomic E-state index is 0.0430. The van der Waals surface area contributed by atoms with Gasteiger partial charge in [-0.15, -0.1) is 0 Å². The average Bonchev–Trinajstić information content (AvgIpc) is 2.50. The second kappa shape index (κ2) is 7.14. The maximum Gasteiger partial charge on any atom is 0.127 e. The Hall–Kier alpha value is -1.26. The van der Waals surface area contributed by atoms with Crippen molar-refractivity contribution in [1.29, 1.82) is 0 Å². The molecule has 0 radical (unpaired) electrons. The molecule has 21 heavy (non-hydrogen) atoms. The lowest BCUT2D eigenvalue weighted by molar-refractivity contribution is 0.117. The number of piperidine rings is 1. The molecular formula is C17H28N2O2. The Balaban J connectivity index is 2.10. The summed E-state index contributed by atoms with van der Waals surface area (Å²) in [7, 11) is 3.34. The summed E-state index contributed by atoms with van der Waals surface area (Å²) in [5.74, 6) is 2.36. The van der Waals surface area contributed by atoms with Crippen LogP contribution in [0.5, 0.6) is 11.5 Å². The number of benzene rings is 1. The van der Waals surface area contributed by atoms with Crippen molar-refractivity contribution in [3.05, 3.63) is 23.8 Å². The molecule has 1 aromatic carbocycles. The first-order valence-corrected chi connectivity index (χ1v) is 7.76. The number of nitrogens with zero attached hydrogens (tertiary/aromatic N) is 1. The molecule has 1 saturated heterocycles. The molecule has 2 N–H and O–H groups in total. The Morgan fingerprint density at radius 1 is 1.24 bits per heavy atom. The number of nitrogens with two attached hydrogens (primary N) is 1. The van der Waals surface area contributed by atoms with Crippen LogP contribution < -0.4 is 15.2 Å². The van der Waals surface area contributed by atoms with Crippen LogP contribution in [0.25, 0.3) is 0 Å². The van der Waals surface area contributed by atoms with Crippen LogP contribution in [-0.2, 0) is 0 Å². The lowest BCUT2D eigenvalue weighted by atomic mass is 9.94. The zero-order valence-electron chi connectivity index (χ0n) is 13.6. The second-order valence-corrected chi connectivity index (χ2v) is 6.20. The summed E-state index contributed by atoms with van der Waals surface area (Å²) >= 11 is 0. The molecule has 1 heterocycles. The van der Waals surface area contributed by atoms with Gasteiger partial charge in [-0.3, -0.25) is 4.90 Å². The van der Waals surface area contributed by atoms with E-state index in [2.05, 4.69) is 18.7 Å². The van der Waals surface area contributed by atoms with Gasteiger partial charge in [-0.05, 0) is 31.7 Å². The lowest BCUT2D eigenvalue weighted by Gasteiger charge is -2.38. The van der Waals surface area contributed by atoms with Gasteiger partial charge in [0.15, 0.2) is 0 Å². The van der Waals surface area contributed by atoms with Crippen LogP contribution in [0.1, 0.15) is 38.3 Å². The number of ether oxygens (including phenoxy) is 2. The molecule has 118 valence electrons. The van der Waals surface area contributed by atoms with E-state index in [1.54, 1.807) is 14.2 Å². The van der Waals surface area contributed by atoms with Gasteiger partial charge in [0, 0.05) is 36.8 Å². The Kier molecular flexibility index (Phi) is 5.48. The predicted molar refractivity (Wildman–Crippen MR) is 85.9 cm³/mol. The summed E-state index contributed by atoms with van der Waals surface area (Å²) < 4.78 is 10.7. The molecule has 1 aliphatic heterocycles. The van der Waals surface area contributed by atoms with Gasteiger partial charge < -0.3 is 15.2 Å². The molecule has 0 aromatic heterocycles. The maximum absolute atomic E-state index is 6.44. The summed E-state index contributed by atoms with van der Waals surface area (Å²) in [5, 5.41) is 0. The van der Waals surface area contributed by atoms with Gasteiger partial charge in [-0.1, -0.05) is 13.0 Å². The molecule has 0 spiro atoms. The molecule has 1 aliphatic rings.